The second-order valence-corrected chi connectivity index (χ2v) is 7.24. The van der Waals surface area contributed by atoms with Gasteiger partial charge in [0.2, 0.25) is 0 Å². The Labute approximate surface area is 174 Å². The van der Waals surface area contributed by atoms with Gasteiger partial charge in [0.1, 0.15) is 5.75 Å². The average Bonchev–Trinajstić information content (AvgIpc) is 2.71. The highest BCUT2D eigenvalue weighted by Crippen LogP contribution is 2.14. The summed E-state index contributed by atoms with van der Waals surface area (Å²) in [5, 5.41) is 3.35. The van der Waals surface area contributed by atoms with E-state index in [9.17, 15) is 4.79 Å². The number of carbonyl (C=O) groups excluding carboxylic acids is 1. The Morgan fingerprint density at radius 3 is 2.45 bits per heavy atom. The molecule has 0 aromatic heterocycles. The van der Waals surface area contributed by atoms with Gasteiger partial charge < -0.3 is 19.9 Å². The summed E-state index contributed by atoms with van der Waals surface area (Å²) < 4.78 is 5.59. The van der Waals surface area contributed by atoms with Crippen LogP contribution in [0, 0.1) is 6.92 Å². The molecule has 6 heteroatoms. The highest BCUT2D eigenvalue weighted by molar-refractivity contribution is 5.79. The summed E-state index contributed by atoms with van der Waals surface area (Å²) in [4.78, 5) is 20.1. The van der Waals surface area contributed by atoms with Crippen molar-refractivity contribution in [2.45, 2.75) is 26.9 Å². The van der Waals surface area contributed by atoms with Crippen LogP contribution in [-0.4, -0.2) is 56.0 Å². The molecule has 0 heterocycles. The van der Waals surface area contributed by atoms with Crippen molar-refractivity contribution in [3.05, 3.63) is 65.2 Å². The van der Waals surface area contributed by atoms with E-state index in [1.807, 2.05) is 31.3 Å². The minimum absolute atomic E-state index is 0.0294. The first-order valence-corrected chi connectivity index (χ1v) is 9.86. The summed E-state index contributed by atoms with van der Waals surface area (Å²) in [6.45, 7) is 6.29. The Kier molecular flexibility index (Phi) is 8.52. The molecule has 0 bridgehead atoms. The van der Waals surface area contributed by atoms with Crippen LogP contribution in [0.1, 0.15) is 23.6 Å². The van der Waals surface area contributed by atoms with E-state index in [0.29, 0.717) is 12.3 Å². The molecular formula is C23H32N4O2. The Bertz CT molecular complexity index is 816. The van der Waals surface area contributed by atoms with Crippen molar-refractivity contribution >= 4 is 11.9 Å². The lowest BCUT2D eigenvalue weighted by Gasteiger charge is -2.22. The maximum atomic E-state index is 11.7. The molecule has 1 N–H and O–H groups in total. The molecule has 156 valence electrons. The van der Waals surface area contributed by atoms with E-state index in [-0.39, 0.29) is 12.5 Å². The third kappa shape index (κ3) is 7.49. The van der Waals surface area contributed by atoms with Gasteiger partial charge in [0, 0.05) is 34.2 Å². The number of hydrogen-bond donors (Lipinski definition) is 1. The molecule has 2 aromatic carbocycles. The summed E-state index contributed by atoms with van der Waals surface area (Å²) in [5.41, 5.74) is 3.52. The standard InChI is InChI=1S/C23H32N4O2/c1-6-24-23(27(5)16-19-12-10-18(2)11-13-19)25-15-20-8-7-9-21(14-20)29-17-22(28)26(3)4/h7-14H,6,15-17H2,1-5H3,(H,24,25). The SMILES string of the molecule is CCNC(=NCc1cccc(OCC(=O)N(C)C)c1)N(C)Cc1ccc(C)cc1. The van der Waals surface area contributed by atoms with Crippen LogP contribution in [-0.2, 0) is 17.9 Å². The number of amides is 1. The Morgan fingerprint density at radius 2 is 1.79 bits per heavy atom. The first-order chi connectivity index (χ1) is 13.9. The normalized spacial score (nSPS) is 11.1. The minimum atomic E-state index is -0.0689. The fourth-order valence-electron chi connectivity index (χ4n) is 2.69. The Balaban J connectivity index is 2.02. The van der Waals surface area contributed by atoms with Crippen LogP contribution in [0.3, 0.4) is 0 Å². The van der Waals surface area contributed by atoms with Gasteiger partial charge in [-0.3, -0.25) is 4.79 Å². The predicted octanol–water partition coefficient (Wildman–Crippen LogP) is 3.06. The van der Waals surface area contributed by atoms with Crippen molar-refractivity contribution in [1.29, 1.82) is 0 Å². The van der Waals surface area contributed by atoms with Gasteiger partial charge >= 0.3 is 0 Å². The highest BCUT2D eigenvalue weighted by Gasteiger charge is 2.08. The monoisotopic (exact) mass is 396 g/mol. The summed E-state index contributed by atoms with van der Waals surface area (Å²) in [7, 11) is 5.46. The van der Waals surface area contributed by atoms with Crippen molar-refractivity contribution in [3.63, 3.8) is 0 Å². The van der Waals surface area contributed by atoms with Crippen LogP contribution in [0.25, 0.3) is 0 Å². The summed E-state index contributed by atoms with van der Waals surface area (Å²) in [6, 6.07) is 16.2. The molecular weight excluding hydrogens is 364 g/mol. The number of aryl methyl sites for hydroxylation is 1. The molecule has 6 nitrogen and oxygen atoms in total. The number of rotatable bonds is 8. The Hall–Kier alpha value is -3.02. The molecule has 1 amide bonds. The van der Waals surface area contributed by atoms with E-state index in [1.54, 1.807) is 14.1 Å². The van der Waals surface area contributed by atoms with E-state index in [4.69, 9.17) is 9.73 Å². The third-order valence-electron chi connectivity index (χ3n) is 4.41. The van der Waals surface area contributed by atoms with Crippen LogP contribution in [0.2, 0.25) is 0 Å². The average molecular weight is 397 g/mol. The predicted molar refractivity (Wildman–Crippen MR) is 118 cm³/mol. The molecule has 0 unspecified atom stereocenters. The zero-order valence-electron chi connectivity index (χ0n) is 18.1. The maximum absolute atomic E-state index is 11.7. The lowest BCUT2D eigenvalue weighted by molar-refractivity contribution is -0.130. The lowest BCUT2D eigenvalue weighted by atomic mass is 10.1. The lowest BCUT2D eigenvalue weighted by Crippen LogP contribution is -2.38. The molecule has 0 radical (unpaired) electrons. The van der Waals surface area contributed by atoms with Crippen LogP contribution < -0.4 is 10.1 Å². The van der Waals surface area contributed by atoms with Crippen LogP contribution in [0.4, 0.5) is 0 Å². The van der Waals surface area contributed by atoms with Gasteiger partial charge in [-0.15, -0.1) is 0 Å². The Morgan fingerprint density at radius 1 is 1.07 bits per heavy atom. The minimum Gasteiger partial charge on any atom is -0.484 e. The topological polar surface area (TPSA) is 57.2 Å². The number of carbonyl (C=O) groups is 1. The van der Waals surface area contributed by atoms with E-state index < -0.39 is 0 Å². The number of aliphatic imine (C=N–C) groups is 1. The largest absolute Gasteiger partial charge is 0.484 e. The van der Waals surface area contributed by atoms with Crippen LogP contribution >= 0.6 is 0 Å². The molecule has 0 aliphatic heterocycles. The van der Waals surface area contributed by atoms with Crippen molar-refractivity contribution in [1.82, 2.24) is 15.1 Å². The number of benzene rings is 2. The molecule has 0 aliphatic rings. The van der Waals surface area contributed by atoms with Crippen LogP contribution in [0.15, 0.2) is 53.5 Å². The molecule has 0 spiro atoms. The first-order valence-electron chi connectivity index (χ1n) is 9.86. The van der Waals surface area contributed by atoms with Gasteiger partial charge in [-0.05, 0) is 37.1 Å². The van der Waals surface area contributed by atoms with Gasteiger partial charge in [-0.1, -0.05) is 42.0 Å². The maximum Gasteiger partial charge on any atom is 0.259 e. The molecule has 0 aliphatic carbocycles. The number of nitrogens with zero attached hydrogens (tertiary/aromatic N) is 3. The smallest absolute Gasteiger partial charge is 0.259 e. The first kappa shape index (κ1) is 22.3. The van der Waals surface area contributed by atoms with E-state index in [0.717, 1.165) is 24.6 Å². The second-order valence-electron chi connectivity index (χ2n) is 7.24. The second kappa shape index (κ2) is 11.1. The third-order valence-corrected chi connectivity index (χ3v) is 4.41. The van der Waals surface area contributed by atoms with E-state index in [2.05, 4.69) is 48.3 Å². The van der Waals surface area contributed by atoms with Gasteiger partial charge in [-0.2, -0.15) is 0 Å². The quantitative estimate of drug-likeness (QED) is 0.550. The summed E-state index contributed by atoms with van der Waals surface area (Å²) >= 11 is 0. The molecule has 0 saturated carbocycles. The van der Waals surface area contributed by atoms with Crippen molar-refractivity contribution < 1.29 is 9.53 Å². The van der Waals surface area contributed by atoms with Crippen LogP contribution in [0.5, 0.6) is 5.75 Å². The zero-order chi connectivity index (χ0) is 21.2. The number of likely N-dealkylation sites (N-methyl/N-ethyl adjacent to an activating group) is 1. The van der Waals surface area contributed by atoms with Gasteiger partial charge in [0.05, 0.1) is 6.54 Å². The fourth-order valence-corrected chi connectivity index (χ4v) is 2.69. The summed E-state index contributed by atoms with van der Waals surface area (Å²) in [5.74, 6) is 1.45. The molecule has 0 saturated heterocycles. The van der Waals surface area contributed by atoms with Gasteiger partial charge in [-0.25, -0.2) is 4.99 Å². The number of ether oxygens (including phenoxy) is 1. The fraction of sp³-hybridized carbons (Fsp3) is 0.391. The van der Waals surface area contributed by atoms with Crippen molar-refractivity contribution in [3.8, 4) is 5.75 Å². The molecule has 2 rings (SSSR count). The number of nitrogens with one attached hydrogen (secondary N) is 1. The molecule has 29 heavy (non-hydrogen) atoms. The van der Waals surface area contributed by atoms with Gasteiger partial charge in [0.15, 0.2) is 12.6 Å². The number of hydrogen-bond acceptors (Lipinski definition) is 3. The van der Waals surface area contributed by atoms with E-state index >= 15 is 0 Å². The zero-order valence-corrected chi connectivity index (χ0v) is 18.1. The molecule has 0 fully saturated rings. The summed E-state index contributed by atoms with van der Waals surface area (Å²) in [6.07, 6.45) is 0. The van der Waals surface area contributed by atoms with Crippen molar-refractivity contribution in [2.75, 3.05) is 34.3 Å². The van der Waals surface area contributed by atoms with E-state index in [1.165, 1.54) is 16.0 Å². The highest BCUT2D eigenvalue weighted by atomic mass is 16.5. The molecule has 0 atom stereocenters. The van der Waals surface area contributed by atoms with Gasteiger partial charge in [0.25, 0.3) is 5.91 Å². The van der Waals surface area contributed by atoms with Crippen molar-refractivity contribution in [2.24, 2.45) is 4.99 Å². The molecule has 2 aromatic rings. The number of guanidine groups is 1.